The molecule has 0 saturated heterocycles. The summed E-state index contributed by atoms with van der Waals surface area (Å²) in [6, 6.07) is 0. The Balaban J connectivity index is 3.49. The van der Waals surface area contributed by atoms with E-state index in [1.54, 1.807) is 13.8 Å². The van der Waals surface area contributed by atoms with Gasteiger partial charge < -0.3 is 9.84 Å². The lowest BCUT2D eigenvalue weighted by Gasteiger charge is -2.06. The monoisotopic (exact) mass is 145 g/mol. The van der Waals surface area contributed by atoms with Crippen molar-refractivity contribution < 1.29 is 14.6 Å². The Labute approximate surface area is 61.0 Å². The molecule has 1 radical (unpaired) electrons. The number of carbonyl (C=O) groups is 1. The van der Waals surface area contributed by atoms with Gasteiger partial charge in [0.1, 0.15) is 0 Å². The van der Waals surface area contributed by atoms with Crippen molar-refractivity contribution in [1.82, 2.24) is 0 Å². The van der Waals surface area contributed by atoms with Crippen molar-refractivity contribution in [3.63, 3.8) is 0 Å². The van der Waals surface area contributed by atoms with E-state index in [1.165, 1.54) is 0 Å². The zero-order valence-electron chi connectivity index (χ0n) is 6.33. The highest BCUT2D eigenvalue weighted by Gasteiger charge is 2.12. The van der Waals surface area contributed by atoms with Gasteiger partial charge in [-0.2, -0.15) is 0 Å². The highest BCUT2D eigenvalue weighted by molar-refractivity contribution is 5.71. The summed E-state index contributed by atoms with van der Waals surface area (Å²) in [5, 5.41) is 8.32. The van der Waals surface area contributed by atoms with Crippen molar-refractivity contribution in [3.05, 3.63) is 6.61 Å². The van der Waals surface area contributed by atoms with E-state index in [4.69, 9.17) is 5.11 Å². The summed E-state index contributed by atoms with van der Waals surface area (Å²) in [5.74, 6) is -0.488. The van der Waals surface area contributed by atoms with Crippen molar-refractivity contribution in [3.8, 4) is 0 Å². The molecule has 0 aliphatic heterocycles. The number of aliphatic hydroxyl groups excluding tert-OH is 1. The van der Waals surface area contributed by atoms with Crippen LogP contribution < -0.4 is 0 Å². The summed E-state index contributed by atoms with van der Waals surface area (Å²) in [6.07, 6.45) is 0.360. The molecule has 1 unspecified atom stereocenters. The largest absolute Gasteiger partial charge is 0.466 e. The molecule has 0 saturated carbocycles. The fourth-order valence-electron chi connectivity index (χ4n) is 0.539. The molecule has 0 heterocycles. The van der Waals surface area contributed by atoms with Gasteiger partial charge in [0, 0.05) is 0 Å². The maximum absolute atomic E-state index is 10.8. The molecular formula is C7H13O3. The Morgan fingerprint density at radius 3 is 2.80 bits per heavy atom. The van der Waals surface area contributed by atoms with Crippen LogP contribution in [0.25, 0.3) is 0 Å². The summed E-state index contributed by atoms with van der Waals surface area (Å²) in [6.45, 7) is 4.84. The second kappa shape index (κ2) is 5.23. The number of rotatable bonds is 4. The van der Waals surface area contributed by atoms with Crippen molar-refractivity contribution in [1.29, 1.82) is 0 Å². The fraction of sp³-hybridized carbons (Fsp3) is 0.714. The second-order valence-electron chi connectivity index (χ2n) is 2.07. The summed E-state index contributed by atoms with van der Waals surface area (Å²) in [7, 11) is 0. The fourth-order valence-corrected chi connectivity index (χ4v) is 0.539. The summed E-state index contributed by atoms with van der Waals surface area (Å²) in [5.41, 5.74) is 0. The van der Waals surface area contributed by atoms with Crippen LogP contribution in [0, 0.1) is 12.5 Å². The first-order valence-electron chi connectivity index (χ1n) is 3.34. The van der Waals surface area contributed by atoms with Gasteiger partial charge in [-0.3, -0.25) is 4.79 Å². The molecule has 0 aromatic heterocycles. The van der Waals surface area contributed by atoms with E-state index >= 15 is 0 Å². The van der Waals surface area contributed by atoms with E-state index in [2.05, 4.69) is 4.74 Å². The van der Waals surface area contributed by atoms with Gasteiger partial charge in [-0.25, -0.2) is 0 Å². The van der Waals surface area contributed by atoms with Crippen molar-refractivity contribution in [2.24, 2.45) is 5.92 Å². The van der Waals surface area contributed by atoms with Gasteiger partial charge in [-0.05, 0) is 13.3 Å². The Bertz CT molecular complexity index is 101. The molecule has 0 amide bonds. The van der Waals surface area contributed by atoms with Crippen LogP contribution >= 0.6 is 0 Å². The van der Waals surface area contributed by atoms with Crippen LogP contribution in [-0.4, -0.2) is 17.7 Å². The molecule has 0 bridgehead atoms. The standard InChI is InChI=1S/C7H13O3/c1-3-10-7(9)6(2)4-5-8/h5-6,8H,3-4H2,1-2H3. The van der Waals surface area contributed by atoms with E-state index in [0.29, 0.717) is 13.0 Å². The first kappa shape index (κ1) is 9.43. The Hall–Kier alpha value is -0.570. The third-order valence-corrected chi connectivity index (χ3v) is 1.15. The highest BCUT2D eigenvalue weighted by atomic mass is 16.5. The minimum atomic E-state index is -0.257. The van der Waals surface area contributed by atoms with E-state index in [1.807, 2.05) is 0 Å². The van der Waals surface area contributed by atoms with Crippen molar-refractivity contribution in [2.45, 2.75) is 20.3 Å². The average molecular weight is 145 g/mol. The van der Waals surface area contributed by atoms with Gasteiger partial charge in [0.05, 0.1) is 19.1 Å². The molecule has 0 spiro atoms. The third kappa shape index (κ3) is 3.45. The van der Waals surface area contributed by atoms with Crippen LogP contribution in [0.5, 0.6) is 0 Å². The quantitative estimate of drug-likeness (QED) is 0.603. The third-order valence-electron chi connectivity index (χ3n) is 1.15. The molecule has 3 nitrogen and oxygen atoms in total. The Morgan fingerprint density at radius 2 is 2.40 bits per heavy atom. The number of hydrogen-bond donors (Lipinski definition) is 1. The number of carbonyl (C=O) groups excluding carboxylic acids is 1. The lowest BCUT2D eigenvalue weighted by Crippen LogP contribution is -2.14. The van der Waals surface area contributed by atoms with E-state index < -0.39 is 0 Å². The van der Waals surface area contributed by atoms with Gasteiger partial charge in [-0.1, -0.05) is 6.92 Å². The van der Waals surface area contributed by atoms with Crippen LogP contribution in [0.1, 0.15) is 20.3 Å². The molecule has 59 valence electrons. The molecule has 0 aliphatic carbocycles. The second-order valence-corrected chi connectivity index (χ2v) is 2.07. The number of aliphatic hydroxyl groups is 1. The van der Waals surface area contributed by atoms with E-state index in [9.17, 15) is 4.79 Å². The molecule has 0 aliphatic rings. The van der Waals surface area contributed by atoms with Crippen LogP contribution in [0.3, 0.4) is 0 Å². The van der Waals surface area contributed by atoms with E-state index in [-0.39, 0.29) is 11.9 Å². The molecule has 0 aromatic rings. The zero-order valence-corrected chi connectivity index (χ0v) is 6.33. The molecular weight excluding hydrogens is 132 g/mol. The normalized spacial score (nSPS) is 12.7. The van der Waals surface area contributed by atoms with Crippen LogP contribution in [-0.2, 0) is 9.53 Å². The SMILES string of the molecule is CCOC(=O)C(C)C[CH]O. The zero-order chi connectivity index (χ0) is 7.98. The maximum Gasteiger partial charge on any atom is 0.308 e. The summed E-state index contributed by atoms with van der Waals surface area (Å²) in [4.78, 5) is 10.8. The van der Waals surface area contributed by atoms with Gasteiger partial charge in [0.15, 0.2) is 0 Å². The average Bonchev–Trinajstić information content (AvgIpc) is 1.89. The van der Waals surface area contributed by atoms with Crippen LogP contribution in [0.4, 0.5) is 0 Å². The number of esters is 1. The van der Waals surface area contributed by atoms with Crippen molar-refractivity contribution in [2.75, 3.05) is 6.61 Å². The molecule has 1 N–H and O–H groups in total. The van der Waals surface area contributed by atoms with Crippen molar-refractivity contribution >= 4 is 5.97 Å². The maximum atomic E-state index is 10.8. The lowest BCUT2D eigenvalue weighted by molar-refractivity contribution is -0.147. The Kier molecular flexibility index (Phi) is 4.94. The van der Waals surface area contributed by atoms with Gasteiger partial charge in [-0.15, -0.1) is 0 Å². The molecule has 1 atom stereocenters. The van der Waals surface area contributed by atoms with E-state index in [0.717, 1.165) is 6.61 Å². The minimum absolute atomic E-state index is 0.232. The molecule has 0 rings (SSSR count). The van der Waals surface area contributed by atoms with Gasteiger partial charge in [0.25, 0.3) is 0 Å². The predicted molar refractivity (Wildman–Crippen MR) is 36.6 cm³/mol. The van der Waals surface area contributed by atoms with Gasteiger partial charge >= 0.3 is 5.97 Å². The lowest BCUT2D eigenvalue weighted by atomic mass is 10.1. The summed E-state index contributed by atoms with van der Waals surface area (Å²) >= 11 is 0. The topological polar surface area (TPSA) is 46.5 Å². The molecule has 3 heteroatoms. The summed E-state index contributed by atoms with van der Waals surface area (Å²) < 4.78 is 4.69. The van der Waals surface area contributed by atoms with Crippen LogP contribution in [0.2, 0.25) is 0 Å². The molecule has 0 fully saturated rings. The van der Waals surface area contributed by atoms with Crippen LogP contribution in [0.15, 0.2) is 0 Å². The predicted octanol–water partition coefficient (Wildman–Crippen LogP) is 1.11. The Morgan fingerprint density at radius 1 is 1.80 bits per heavy atom. The highest BCUT2D eigenvalue weighted by Crippen LogP contribution is 2.04. The first-order chi connectivity index (χ1) is 4.72. The smallest absolute Gasteiger partial charge is 0.308 e. The molecule has 0 aromatic carbocycles. The molecule has 10 heavy (non-hydrogen) atoms. The first-order valence-corrected chi connectivity index (χ1v) is 3.34. The number of ether oxygens (including phenoxy) is 1. The number of hydrogen-bond acceptors (Lipinski definition) is 3. The van der Waals surface area contributed by atoms with Gasteiger partial charge in [0.2, 0.25) is 0 Å². The minimum Gasteiger partial charge on any atom is -0.466 e.